The van der Waals surface area contributed by atoms with Gasteiger partial charge in [-0.3, -0.25) is 0 Å². The summed E-state index contributed by atoms with van der Waals surface area (Å²) < 4.78 is 0. The molecule has 1 aromatic rings. The summed E-state index contributed by atoms with van der Waals surface area (Å²) >= 11 is 12.1. The van der Waals surface area contributed by atoms with Gasteiger partial charge < -0.3 is 5.11 Å². The fourth-order valence-corrected chi connectivity index (χ4v) is 3.05. The quantitative estimate of drug-likeness (QED) is 0.842. The molecule has 1 aromatic carbocycles. The number of halogens is 2. The third-order valence-electron chi connectivity index (χ3n) is 3.92. The summed E-state index contributed by atoms with van der Waals surface area (Å²) in [5, 5.41) is 12.1. The molecule has 0 amide bonds. The van der Waals surface area contributed by atoms with Gasteiger partial charge in [0, 0.05) is 16.5 Å². The van der Waals surface area contributed by atoms with Gasteiger partial charge in [0.1, 0.15) is 0 Å². The first kappa shape index (κ1) is 13.2. The Balaban J connectivity index is 2.21. The molecule has 1 fully saturated rings. The van der Waals surface area contributed by atoms with Crippen LogP contribution in [-0.4, -0.2) is 10.7 Å². The van der Waals surface area contributed by atoms with Crippen LogP contribution in [0.1, 0.15) is 38.2 Å². The van der Waals surface area contributed by atoms with Gasteiger partial charge in [-0.05, 0) is 42.5 Å². The maximum atomic E-state index is 10.7. The molecule has 1 nitrogen and oxygen atoms in total. The van der Waals surface area contributed by atoms with Crippen LogP contribution >= 0.6 is 23.2 Å². The Morgan fingerprint density at radius 2 is 2.12 bits per heavy atom. The van der Waals surface area contributed by atoms with E-state index in [-0.39, 0.29) is 0 Å². The average Bonchev–Trinajstić information content (AvgIpc) is 2.28. The van der Waals surface area contributed by atoms with Crippen molar-refractivity contribution in [1.82, 2.24) is 0 Å². The van der Waals surface area contributed by atoms with Crippen molar-refractivity contribution < 1.29 is 5.11 Å². The van der Waals surface area contributed by atoms with Crippen molar-refractivity contribution in [3.63, 3.8) is 0 Å². The zero-order valence-electron chi connectivity index (χ0n) is 10.0. The lowest BCUT2D eigenvalue weighted by Crippen LogP contribution is -2.41. The van der Waals surface area contributed by atoms with E-state index < -0.39 is 5.60 Å². The molecular formula is C14H18Cl2O. The number of benzene rings is 1. The van der Waals surface area contributed by atoms with Crippen molar-refractivity contribution in [3.05, 3.63) is 33.8 Å². The van der Waals surface area contributed by atoms with Crippen LogP contribution < -0.4 is 0 Å². The van der Waals surface area contributed by atoms with Crippen molar-refractivity contribution in [1.29, 1.82) is 0 Å². The SMILES string of the molecule is CC1CCCCC1(O)Cc1cc(Cl)ccc1Cl. The Kier molecular flexibility index (Phi) is 4.02. The van der Waals surface area contributed by atoms with Crippen molar-refractivity contribution in [3.8, 4) is 0 Å². The fourth-order valence-electron chi connectivity index (χ4n) is 2.67. The molecule has 2 unspecified atom stereocenters. The van der Waals surface area contributed by atoms with Crippen LogP contribution in [0.15, 0.2) is 18.2 Å². The van der Waals surface area contributed by atoms with Gasteiger partial charge in [-0.15, -0.1) is 0 Å². The van der Waals surface area contributed by atoms with Crippen LogP contribution in [0.5, 0.6) is 0 Å². The van der Waals surface area contributed by atoms with E-state index in [1.165, 1.54) is 6.42 Å². The maximum absolute atomic E-state index is 10.7. The first-order valence-corrected chi connectivity index (χ1v) is 6.93. The molecule has 0 aliphatic heterocycles. The minimum Gasteiger partial charge on any atom is -0.389 e. The van der Waals surface area contributed by atoms with E-state index >= 15 is 0 Å². The number of hydrogen-bond acceptors (Lipinski definition) is 1. The van der Waals surface area contributed by atoms with Crippen molar-refractivity contribution in [2.75, 3.05) is 0 Å². The lowest BCUT2D eigenvalue weighted by atomic mass is 9.73. The number of hydrogen-bond donors (Lipinski definition) is 1. The molecule has 2 atom stereocenters. The Morgan fingerprint density at radius 3 is 2.82 bits per heavy atom. The number of rotatable bonds is 2. The second-order valence-corrected chi connectivity index (χ2v) is 6.01. The van der Waals surface area contributed by atoms with E-state index in [1.54, 1.807) is 12.1 Å². The molecule has 1 aliphatic carbocycles. The minimum atomic E-state index is -0.618. The Bertz CT molecular complexity index is 405. The van der Waals surface area contributed by atoms with Gasteiger partial charge in [0.25, 0.3) is 0 Å². The molecule has 17 heavy (non-hydrogen) atoms. The topological polar surface area (TPSA) is 20.2 Å². The van der Waals surface area contributed by atoms with E-state index in [0.717, 1.165) is 24.8 Å². The highest BCUT2D eigenvalue weighted by Gasteiger charge is 2.36. The highest BCUT2D eigenvalue weighted by molar-refractivity contribution is 6.33. The third kappa shape index (κ3) is 2.96. The summed E-state index contributed by atoms with van der Waals surface area (Å²) in [5.74, 6) is 0.325. The molecule has 94 valence electrons. The van der Waals surface area contributed by atoms with E-state index in [0.29, 0.717) is 22.4 Å². The van der Waals surface area contributed by atoms with Gasteiger partial charge in [0.15, 0.2) is 0 Å². The Hall–Kier alpha value is -0.240. The van der Waals surface area contributed by atoms with Gasteiger partial charge in [0.05, 0.1) is 5.60 Å². The van der Waals surface area contributed by atoms with Gasteiger partial charge in [0.2, 0.25) is 0 Å². The first-order valence-electron chi connectivity index (χ1n) is 6.17. The van der Waals surface area contributed by atoms with Gasteiger partial charge >= 0.3 is 0 Å². The molecule has 0 heterocycles. The largest absolute Gasteiger partial charge is 0.389 e. The molecule has 1 N–H and O–H groups in total. The van der Waals surface area contributed by atoms with Gasteiger partial charge in [-0.25, -0.2) is 0 Å². The molecule has 1 aliphatic rings. The molecule has 1 saturated carbocycles. The molecule has 0 aromatic heterocycles. The zero-order chi connectivity index (χ0) is 12.5. The van der Waals surface area contributed by atoms with Crippen molar-refractivity contribution >= 4 is 23.2 Å². The van der Waals surface area contributed by atoms with E-state index in [2.05, 4.69) is 6.92 Å². The molecule has 0 radical (unpaired) electrons. The predicted molar refractivity (Wildman–Crippen MR) is 72.7 cm³/mol. The zero-order valence-corrected chi connectivity index (χ0v) is 11.6. The summed E-state index contributed by atoms with van der Waals surface area (Å²) in [6.45, 7) is 2.12. The summed E-state index contributed by atoms with van der Waals surface area (Å²) in [7, 11) is 0. The predicted octanol–water partition coefficient (Wildman–Crippen LogP) is 4.48. The molecule has 2 rings (SSSR count). The van der Waals surface area contributed by atoms with E-state index in [4.69, 9.17) is 23.2 Å². The summed E-state index contributed by atoms with van der Waals surface area (Å²) in [6.07, 6.45) is 4.87. The molecular weight excluding hydrogens is 255 g/mol. The normalized spacial score (nSPS) is 29.3. The average molecular weight is 273 g/mol. The van der Waals surface area contributed by atoms with Crippen LogP contribution in [0.3, 0.4) is 0 Å². The Morgan fingerprint density at radius 1 is 1.35 bits per heavy atom. The van der Waals surface area contributed by atoms with Crippen LogP contribution in [0, 0.1) is 5.92 Å². The highest BCUT2D eigenvalue weighted by atomic mass is 35.5. The minimum absolute atomic E-state index is 0.325. The summed E-state index contributed by atoms with van der Waals surface area (Å²) in [6, 6.07) is 5.45. The standard InChI is InChI=1S/C14H18Cl2O/c1-10-4-2-3-7-14(10,17)9-11-8-12(15)5-6-13(11)16/h5-6,8,10,17H,2-4,7,9H2,1H3. The van der Waals surface area contributed by atoms with Gasteiger partial charge in [-0.2, -0.15) is 0 Å². The fraction of sp³-hybridized carbons (Fsp3) is 0.571. The van der Waals surface area contributed by atoms with Crippen LogP contribution in [0.4, 0.5) is 0 Å². The number of aliphatic hydroxyl groups is 1. The second kappa shape index (κ2) is 5.17. The smallest absolute Gasteiger partial charge is 0.0713 e. The molecule has 0 saturated heterocycles. The second-order valence-electron chi connectivity index (χ2n) is 5.16. The van der Waals surface area contributed by atoms with E-state index in [1.807, 2.05) is 6.07 Å². The molecule has 0 bridgehead atoms. The third-order valence-corrected chi connectivity index (χ3v) is 4.52. The monoisotopic (exact) mass is 272 g/mol. The maximum Gasteiger partial charge on any atom is 0.0713 e. The van der Waals surface area contributed by atoms with Crippen LogP contribution in [0.25, 0.3) is 0 Å². The van der Waals surface area contributed by atoms with Crippen molar-refractivity contribution in [2.45, 2.75) is 44.6 Å². The molecule has 0 spiro atoms. The summed E-state index contributed by atoms with van der Waals surface area (Å²) in [4.78, 5) is 0. The van der Waals surface area contributed by atoms with E-state index in [9.17, 15) is 5.11 Å². The summed E-state index contributed by atoms with van der Waals surface area (Å²) in [5.41, 5.74) is 0.336. The van der Waals surface area contributed by atoms with Crippen LogP contribution in [-0.2, 0) is 6.42 Å². The van der Waals surface area contributed by atoms with Crippen molar-refractivity contribution in [2.24, 2.45) is 5.92 Å². The lowest BCUT2D eigenvalue weighted by Gasteiger charge is -2.38. The Labute approximate surface area is 113 Å². The molecule has 3 heteroatoms. The lowest BCUT2D eigenvalue weighted by molar-refractivity contribution is -0.0405. The highest BCUT2D eigenvalue weighted by Crippen LogP contribution is 2.37. The van der Waals surface area contributed by atoms with Crippen LogP contribution in [0.2, 0.25) is 10.0 Å². The first-order chi connectivity index (χ1) is 8.01. The van der Waals surface area contributed by atoms with Gasteiger partial charge in [-0.1, -0.05) is 43.0 Å².